The van der Waals surface area contributed by atoms with Crippen LogP contribution in [0.5, 0.6) is 0 Å². The number of hydrogen-bond donors (Lipinski definition) is 2. The minimum Gasteiger partial charge on any atom is -0.466 e. The van der Waals surface area contributed by atoms with Gasteiger partial charge in [-0.2, -0.15) is 5.90 Å². The first kappa shape index (κ1) is 20.8. The molecule has 1 atom stereocenters. The van der Waals surface area contributed by atoms with Crippen molar-refractivity contribution in [3.63, 3.8) is 0 Å². The van der Waals surface area contributed by atoms with Gasteiger partial charge in [0, 0.05) is 35.0 Å². The highest BCUT2D eigenvalue weighted by atomic mass is 16.7. The molecular weight excluding hydrogens is 370 g/mol. The fourth-order valence-corrected chi connectivity index (χ4v) is 3.16. The number of rotatable bonds is 6. The van der Waals surface area contributed by atoms with Crippen LogP contribution in [0.3, 0.4) is 0 Å². The van der Waals surface area contributed by atoms with Crippen LogP contribution in [0.15, 0.2) is 46.8 Å². The summed E-state index contributed by atoms with van der Waals surface area (Å²) in [7, 11) is 1.19. The van der Waals surface area contributed by atoms with Gasteiger partial charge in [-0.05, 0) is 19.4 Å². The molecule has 0 saturated heterocycles. The maximum Gasteiger partial charge on any atom is 0.336 e. The molecule has 0 fully saturated rings. The highest BCUT2D eigenvalue weighted by Gasteiger charge is 2.37. The molecule has 148 valence electrons. The molecule has 2 rings (SSSR count). The molecule has 0 amide bonds. The number of hydrogen-bond acceptors (Lipinski definition) is 9. The minimum absolute atomic E-state index is 0.0943. The van der Waals surface area contributed by atoms with Crippen molar-refractivity contribution in [2.75, 3.05) is 7.11 Å². The van der Waals surface area contributed by atoms with Crippen LogP contribution in [0.1, 0.15) is 31.7 Å². The minimum atomic E-state index is -0.966. The zero-order chi connectivity index (χ0) is 21.0. The van der Waals surface area contributed by atoms with Crippen LogP contribution in [0, 0.1) is 10.1 Å². The first-order valence-corrected chi connectivity index (χ1v) is 8.15. The second kappa shape index (κ2) is 8.44. The Morgan fingerprint density at radius 3 is 2.43 bits per heavy atom. The molecule has 1 aromatic rings. The summed E-state index contributed by atoms with van der Waals surface area (Å²) in [5.74, 6) is 1.55. The fraction of sp³-hybridized carbons (Fsp3) is 0.278. The molecular formula is C18H19N3O7. The van der Waals surface area contributed by atoms with Gasteiger partial charge in [0.05, 0.1) is 17.6 Å². The number of benzene rings is 1. The van der Waals surface area contributed by atoms with Gasteiger partial charge in [-0.3, -0.25) is 14.9 Å². The Bertz CT molecular complexity index is 918. The highest BCUT2D eigenvalue weighted by molar-refractivity contribution is 6.09. The van der Waals surface area contributed by atoms with Crippen molar-refractivity contribution in [3.8, 4) is 0 Å². The summed E-state index contributed by atoms with van der Waals surface area (Å²) >= 11 is 0. The molecule has 28 heavy (non-hydrogen) atoms. The summed E-state index contributed by atoms with van der Waals surface area (Å²) < 4.78 is 4.84. The van der Waals surface area contributed by atoms with Crippen LogP contribution in [-0.2, 0) is 24.0 Å². The van der Waals surface area contributed by atoms with Crippen molar-refractivity contribution in [1.82, 2.24) is 5.32 Å². The monoisotopic (exact) mass is 389 g/mol. The number of carbonyl (C=O) groups is 3. The number of carbonyl (C=O) groups excluding carboxylic acids is 3. The van der Waals surface area contributed by atoms with Crippen molar-refractivity contribution in [1.29, 1.82) is 0 Å². The van der Waals surface area contributed by atoms with Gasteiger partial charge in [0.2, 0.25) is 0 Å². The zero-order valence-electron chi connectivity index (χ0n) is 15.5. The van der Waals surface area contributed by atoms with Gasteiger partial charge < -0.3 is 14.9 Å². The number of nitrogens with two attached hydrogens (primary N) is 1. The Balaban J connectivity index is 2.68. The summed E-state index contributed by atoms with van der Waals surface area (Å²) in [6.07, 6.45) is -0.649. The lowest BCUT2D eigenvalue weighted by Gasteiger charge is -2.30. The predicted molar refractivity (Wildman–Crippen MR) is 96.3 cm³/mol. The third-order valence-electron chi connectivity index (χ3n) is 4.32. The number of ether oxygens (including phenoxy) is 1. The van der Waals surface area contributed by atoms with Gasteiger partial charge in [0.1, 0.15) is 6.42 Å². The molecule has 1 heterocycles. The molecule has 0 spiro atoms. The average Bonchev–Trinajstić information content (AvgIpc) is 2.66. The molecule has 0 aromatic heterocycles. The molecule has 0 saturated carbocycles. The van der Waals surface area contributed by atoms with E-state index in [4.69, 9.17) is 10.6 Å². The molecule has 1 unspecified atom stereocenters. The molecule has 0 bridgehead atoms. The number of methoxy groups -OCH3 is 1. The van der Waals surface area contributed by atoms with E-state index in [1.807, 2.05) is 0 Å². The van der Waals surface area contributed by atoms with Gasteiger partial charge in [-0.25, -0.2) is 9.59 Å². The lowest BCUT2D eigenvalue weighted by atomic mass is 9.78. The van der Waals surface area contributed by atoms with Crippen LogP contribution in [0.25, 0.3) is 0 Å². The van der Waals surface area contributed by atoms with Crippen LogP contribution >= 0.6 is 0 Å². The maximum atomic E-state index is 12.8. The van der Waals surface area contributed by atoms with Crippen molar-refractivity contribution in [2.45, 2.75) is 26.2 Å². The third-order valence-corrected chi connectivity index (χ3v) is 4.32. The smallest absolute Gasteiger partial charge is 0.336 e. The van der Waals surface area contributed by atoms with E-state index in [1.54, 1.807) is 19.9 Å². The third kappa shape index (κ3) is 4.07. The van der Waals surface area contributed by atoms with Gasteiger partial charge in [-0.15, -0.1) is 0 Å². The standard InChI is InChI=1S/C18H19N3O7/c1-9-15(13(22)8-14(23)28-19)17(16(10(2)20-9)18(24)27-3)11-5-4-6-12(7-11)21(25)26/h4-7,17,20H,8,19H2,1-3H3. The molecule has 3 N–H and O–H groups in total. The van der Waals surface area contributed by atoms with Crippen molar-refractivity contribution in [3.05, 3.63) is 62.5 Å². The summed E-state index contributed by atoms with van der Waals surface area (Å²) in [6.45, 7) is 3.22. The predicted octanol–water partition coefficient (Wildman–Crippen LogP) is 1.38. The molecule has 10 nitrogen and oxygen atoms in total. The Hall–Kier alpha value is -3.53. The van der Waals surface area contributed by atoms with Crippen LogP contribution < -0.4 is 11.2 Å². The quantitative estimate of drug-likeness (QED) is 0.318. The number of nitrogens with one attached hydrogen (secondary N) is 1. The summed E-state index contributed by atoms with van der Waals surface area (Å²) in [5.41, 5.74) is 1.16. The molecule has 10 heteroatoms. The Kier molecular flexibility index (Phi) is 6.26. The number of non-ortho nitro benzene ring substituents is 1. The normalized spacial score (nSPS) is 16.4. The van der Waals surface area contributed by atoms with Crippen LogP contribution in [0.4, 0.5) is 5.69 Å². The largest absolute Gasteiger partial charge is 0.466 e. The number of allylic oxidation sites excluding steroid dienone is 3. The number of nitrogens with zero attached hydrogens (tertiary/aromatic N) is 1. The van der Waals surface area contributed by atoms with Crippen molar-refractivity contribution in [2.24, 2.45) is 5.90 Å². The summed E-state index contributed by atoms with van der Waals surface area (Å²) in [5, 5.41) is 14.1. The van der Waals surface area contributed by atoms with E-state index < -0.39 is 35.0 Å². The topological polar surface area (TPSA) is 151 Å². The maximum absolute atomic E-state index is 12.8. The second-order valence-electron chi connectivity index (χ2n) is 6.07. The summed E-state index contributed by atoms with van der Waals surface area (Å²) in [6, 6.07) is 5.57. The van der Waals surface area contributed by atoms with Crippen LogP contribution in [-0.4, -0.2) is 29.8 Å². The molecule has 1 aliphatic heterocycles. The van der Waals surface area contributed by atoms with Crippen molar-refractivity contribution >= 4 is 23.4 Å². The number of dihydropyridines is 1. The van der Waals surface area contributed by atoms with Crippen LogP contribution in [0.2, 0.25) is 0 Å². The van der Waals surface area contributed by atoms with E-state index in [9.17, 15) is 24.5 Å². The van der Waals surface area contributed by atoms with E-state index in [2.05, 4.69) is 10.2 Å². The molecule has 0 radical (unpaired) electrons. The Labute approximate surface area is 160 Å². The number of Topliss-reactive ketones (excluding diaryl/α,β-unsaturated/α-hetero) is 1. The Morgan fingerprint density at radius 1 is 1.21 bits per heavy atom. The first-order valence-electron chi connectivity index (χ1n) is 8.15. The number of ketones is 1. The van der Waals surface area contributed by atoms with Gasteiger partial charge in [0.15, 0.2) is 5.78 Å². The molecule has 1 aliphatic rings. The lowest BCUT2D eigenvalue weighted by molar-refractivity contribution is -0.384. The van der Waals surface area contributed by atoms with E-state index in [0.717, 1.165) is 0 Å². The second-order valence-corrected chi connectivity index (χ2v) is 6.07. The van der Waals surface area contributed by atoms with Gasteiger partial charge in [-0.1, -0.05) is 12.1 Å². The first-order chi connectivity index (χ1) is 13.2. The number of nitro benzene ring substituents is 1. The number of esters is 1. The van der Waals surface area contributed by atoms with Gasteiger partial charge >= 0.3 is 11.9 Å². The van der Waals surface area contributed by atoms with E-state index in [0.29, 0.717) is 17.0 Å². The average molecular weight is 389 g/mol. The summed E-state index contributed by atoms with van der Waals surface area (Å²) in [4.78, 5) is 51.4. The highest BCUT2D eigenvalue weighted by Crippen LogP contribution is 2.40. The SMILES string of the molecule is COC(=O)C1=C(C)NC(C)=C(C(=O)CC(=O)ON)C1c1cccc([N+](=O)[O-])c1. The van der Waals surface area contributed by atoms with E-state index >= 15 is 0 Å². The van der Waals surface area contributed by atoms with E-state index in [-0.39, 0.29) is 16.8 Å². The molecule has 0 aliphatic carbocycles. The van der Waals surface area contributed by atoms with Gasteiger partial charge in [0.25, 0.3) is 5.69 Å². The number of nitro groups is 1. The zero-order valence-corrected chi connectivity index (χ0v) is 15.5. The fourth-order valence-electron chi connectivity index (χ4n) is 3.16. The Morgan fingerprint density at radius 2 is 1.86 bits per heavy atom. The van der Waals surface area contributed by atoms with Crippen molar-refractivity contribution < 1.29 is 28.9 Å². The molecule has 1 aromatic carbocycles. The lowest BCUT2D eigenvalue weighted by Crippen LogP contribution is -2.32. The van der Waals surface area contributed by atoms with E-state index in [1.165, 1.54) is 25.3 Å².